The summed E-state index contributed by atoms with van der Waals surface area (Å²) in [5.74, 6) is 1.63. The van der Waals surface area contributed by atoms with Crippen molar-refractivity contribution in [3.63, 3.8) is 0 Å². The normalized spacial score (nSPS) is 22.7. The van der Waals surface area contributed by atoms with Crippen LogP contribution in [0.4, 0.5) is 0 Å². The Morgan fingerprint density at radius 2 is 1.90 bits per heavy atom. The molecule has 0 saturated carbocycles. The van der Waals surface area contributed by atoms with Crippen molar-refractivity contribution in [3.8, 4) is 11.5 Å². The fraction of sp³-hybridized carbons (Fsp3) is 0.625. The quantitative estimate of drug-likeness (QED) is 0.904. The first-order chi connectivity index (χ1) is 10.3. The first-order valence-electron chi connectivity index (χ1n) is 7.60. The van der Waals surface area contributed by atoms with Crippen molar-refractivity contribution < 1.29 is 14.2 Å². The Kier molecular flexibility index (Phi) is 4.63. The average Bonchev–Trinajstić information content (AvgIpc) is 2.55. The second-order valence-corrected chi connectivity index (χ2v) is 5.58. The van der Waals surface area contributed by atoms with E-state index in [0.717, 1.165) is 57.3 Å². The van der Waals surface area contributed by atoms with Crippen LogP contribution >= 0.6 is 0 Å². The van der Waals surface area contributed by atoms with Gasteiger partial charge < -0.3 is 19.5 Å². The minimum absolute atomic E-state index is 0.353. The van der Waals surface area contributed by atoms with Crippen LogP contribution in [0, 0.1) is 0 Å². The lowest BCUT2D eigenvalue weighted by Gasteiger charge is -2.34. The maximum atomic E-state index is 5.45. The topological polar surface area (TPSA) is 43.0 Å². The number of hydrogen-bond donors (Lipinski definition) is 1. The number of morpholine rings is 1. The van der Waals surface area contributed by atoms with Gasteiger partial charge in [-0.1, -0.05) is 0 Å². The van der Waals surface area contributed by atoms with E-state index in [1.165, 1.54) is 11.1 Å². The Labute approximate surface area is 126 Å². The fourth-order valence-electron chi connectivity index (χ4n) is 3.17. The van der Waals surface area contributed by atoms with Gasteiger partial charge in [-0.15, -0.1) is 0 Å². The third-order valence-corrected chi connectivity index (χ3v) is 4.35. The van der Waals surface area contributed by atoms with Gasteiger partial charge in [-0.3, -0.25) is 4.90 Å². The van der Waals surface area contributed by atoms with Crippen molar-refractivity contribution in [2.45, 2.75) is 12.5 Å². The van der Waals surface area contributed by atoms with E-state index in [-0.39, 0.29) is 0 Å². The molecule has 1 atom stereocenters. The van der Waals surface area contributed by atoms with E-state index in [2.05, 4.69) is 22.3 Å². The monoisotopic (exact) mass is 292 g/mol. The molecular formula is C16H24N2O3. The molecule has 0 spiro atoms. The van der Waals surface area contributed by atoms with Gasteiger partial charge in [0.15, 0.2) is 11.5 Å². The van der Waals surface area contributed by atoms with E-state index < -0.39 is 0 Å². The zero-order valence-corrected chi connectivity index (χ0v) is 12.9. The largest absolute Gasteiger partial charge is 0.493 e. The maximum Gasteiger partial charge on any atom is 0.161 e. The molecule has 3 rings (SSSR count). The summed E-state index contributed by atoms with van der Waals surface area (Å²) in [4.78, 5) is 2.47. The molecule has 5 heteroatoms. The van der Waals surface area contributed by atoms with E-state index in [9.17, 15) is 0 Å². The molecule has 2 aliphatic rings. The van der Waals surface area contributed by atoms with Crippen LogP contribution in [-0.2, 0) is 11.2 Å². The molecule has 1 aromatic carbocycles. The van der Waals surface area contributed by atoms with Gasteiger partial charge in [-0.2, -0.15) is 0 Å². The summed E-state index contributed by atoms with van der Waals surface area (Å²) in [6.07, 6.45) is 1.04. The summed E-state index contributed by atoms with van der Waals surface area (Å²) in [5.41, 5.74) is 2.70. The smallest absolute Gasteiger partial charge is 0.161 e. The Bertz CT molecular complexity index is 487. The predicted molar refractivity (Wildman–Crippen MR) is 81.3 cm³/mol. The lowest BCUT2D eigenvalue weighted by molar-refractivity contribution is 0.0331. The lowest BCUT2D eigenvalue weighted by atomic mass is 9.93. The van der Waals surface area contributed by atoms with E-state index >= 15 is 0 Å². The first kappa shape index (κ1) is 14.6. The third-order valence-electron chi connectivity index (χ3n) is 4.35. The Morgan fingerprint density at radius 1 is 1.19 bits per heavy atom. The van der Waals surface area contributed by atoms with Crippen molar-refractivity contribution >= 4 is 0 Å². The minimum atomic E-state index is 0.353. The second-order valence-electron chi connectivity index (χ2n) is 5.58. The molecule has 0 aromatic heterocycles. The van der Waals surface area contributed by atoms with Gasteiger partial charge in [0.25, 0.3) is 0 Å². The van der Waals surface area contributed by atoms with Crippen LogP contribution in [-0.4, -0.2) is 58.5 Å². The number of hydrogen-bond acceptors (Lipinski definition) is 5. The van der Waals surface area contributed by atoms with Crippen LogP contribution in [0.25, 0.3) is 0 Å². The summed E-state index contributed by atoms with van der Waals surface area (Å²) in [6.45, 7) is 5.74. The average molecular weight is 292 g/mol. The number of methoxy groups -OCH3 is 2. The molecule has 5 nitrogen and oxygen atoms in total. The van der Waals surface area contributed by atoms with Gasteiger partial charge >= 0.3 is 0 Å². The Morgan fingerprint density at radius 3 is 2.62 bits per heavy atom. The van der Waals surface area contributed by atoms with Gasteiger partial charge in [0.2, 0.25) is 0 Å². The molecule has 1 fully saturated rings. The first-order valence-corrected chi connectivity index (χ1v) is 7.60. The van der Waals surface area contributed by atoms with Crippen LogP contribution in [0.5, 0.6) is 11.5 Å². The highest BCUT2D eigenvalue weighted by Crippen LogP contribution is 2.35. The summed E-state index contributed by atoms with van der Waals surface area (Å²) in [6, 6.07) is 4.61. The number of nitrogens with one attached hydrogen (secondary N) is 1. The molecule has 2 heterocycles. The van der Waals surface area contributed by atoms with Crippen LogP contribution in [0.3, 0.4) is 0 Å². The van der Waals surface area contributed by atoms with Crippen LogP contribution in [0.1, 0.15) is 17.2 Å². The van der Waals surface area contributed by atoms with Gasteiger partial charge in [0, 0.05) is 25.7 Å². The van der Waals surface area contributed by atoms with Crippen molar-refractivity contribution in [3.05, 3.63) is 23.3 Å². The molecule has 2 aliphatic heterocycles. The van der Waals surface area contributed by atoms with Crippen molar-refractivity contribution in [1.29, 1.82) is 0 Å². The SMILES string of the molecule is COc1cc2c(cc1OC)C(CN1CCOCC1)NCC2. The molecule has 1 aromatic rings. The Balaban J connectivity index is 1.82. The number of fused-ring (bicyclic) bond motifs is 1. The highest BCUT2D eigenvalue weighted by molar-refractivity contribution is 5.49. The molecule has 0 amide bonds. The van der Waals surface area contributed by atoms with Crippen molar-refractivity contribution in [1.82, 2.24) is 10.2 Å². The van der Waals surface area contributed by atoms with Crippen molar-refractivity contribution in [2.24, 2.45) is 0 Å². The number of benzene rings is 1. The lowest BCUT2D eigenvalue weighted by Crippen LogP contribution is -2.43. The molecule has 1 N–H and O–H groups in total. The molecule has 116 valence electrons. The standard InChI is InChI=1S/C16H24N2O3/c1-19-15-9-12-3-4-17-14(13(12)10-16(15)20-2)11-18-5-7-21-8-6-18/h9-10,14,17H,3-8,11H2,1-2H3. The molecule has 0 bridgehead atoms. The molecule has 1 saturated heterocycles. The van der Waals surface area contributed by atoms with E-state index in [1.807, 2.05) is 0 Å². The van der Waals surface area contributed by atoms with Crippen LogP contribution in [0.2, 0.25) is 0 Å². The molecular weight excluding hydrogens is 268 g/mol. The fourth-order valence-corrected chi connectivity index (χ4v) is 3.17. The number of rotatable bonds is 4. The second kappa shape index (κ2) is 6.64. The highest BCUT2D eigenvalue weighted by atomic mass is 16.5. The molecule has 0 radical (unpaired) electrons. The predicted octanol–water partition coefficient (Wildman–Crippen LogP) is 1.22. The number of nitrogens with zero attached hydrogens (tertiary/aromatic N) is 1. The van der Waals surface area contributed by atoms with E-state index in [0.29, 0.717) is 6.04 Å². The Hall–Kier alpha value is -1.30. The van der Waals surface area contributed by atoms with Crippen molar-refractivity contribution in [2.75, 3.05) is 53.6 Å². The maximum absolute atomic E-state index is 5.45. The molecule has 21 heavy (non-hydrogen) atoms. The highest BCUT2D eigenvalue weighted by Gasteiger charge is 2.25. The van der Waals surface area contributed by atoms with E-state index in [4.69, 9.17) is 14.2 Å². The van der Waals surface area contributed by atoms with Gasteiger partial charge in [-0.05, 0) is 36.2 Å². The summed E-state index contributed by atoms with van der Waals surface area (Å²) in [5, 5.41) is 3.63. The molecule has 1 unspecified atom stereocenters. The summed E-state index contributed by atoms with van der Waals surface area (Å²) in [7, 11) is 3.38. The van der Waals surface area contributed by atoms with Gasteiger partial charge in [0.05, 0.1) is 27.4 Å². The minimum Gasteiger partial charge on any atom is -0.493 e. The van der Waals surface area contributed by atoms with Gasteiger partial charge in [0.1, 0.15) is 0 Å². The van der Waals surface area contributed by atoms with Crippen LogP contribution < -0.4 is 14.8 Å². The zero-order chi connectivity index (χ0) is 14.7. The summed E-state index contributed by atoms with van der Waals surface area (Å²) < 4.78 is 16.3. The van der Waals surface area contributed by atoms with Crippen LogP contribution in [0.15, 0.2) is 12.1 Å². The van der Waals surface area contributed by atoms with E-state index in [1.54, 1.807) is 14.2 Å². The summed E-state index contributed by atoms with van der Waals surface area (Å²) >= 11 is 0. The molecule has 0 aliphatic carbocycles. The number of ether oxygens (including phenoxy) is 3. The third kappa shape index (κ3) is 3.15. The zero-order valence-electron chi connectivity index (χ0n) is 12.9. The van der Waals surface area contributed by atoms with Gasteiger partial charge in [-0.25, -0.2) is 0 Å².